The molecule has 0 spiro atoms. The zero-order valence-electron chi connectivity index (χ0n) is 19.7. The first-order chi connectivity index (χ1) is 14.8. The van der Waals surface area contributed by atoms with E-state index in [1.807, 2.05) is 20.8 Å². The summed E-state index contributed by atoms with van der Waals surface area (Å²) < 4.78 is 17.8. The second-order valence-corrected chi connectivity index (χ2v) is 9.44. The molecule has 2 aromatic rings. The molecule has 32 heavy (non-hydrogen) atoms. The van der Waals surface area contributed by atoms with Crippen LogP contribution in [0.3, 0.4) is 0 Å². The summed E-state index contributed by atoms with van der Waals surface area (Å²) in [6.45, 7) is 11.2. The zero-order chi connectivity index (χ0) is 23.9. The number of carbonyl (C=O) groups excluding carboxylic acids is 2. The number of amides is 1. The lowest BCUT2D eigenvalue weighted by atomic mass is 10.1. The van der Waals surface area contributed by atoms with Crippen molar-refractivity contribution in [3.05, 3.63) is 53.9 Å². The maximum atomic E-state index is 12.3. The van der Waals surface area contributed by atoms with E-state index in [0.29, 0.717) is 23.4 Å². The van der Waals surface area contributed by atoms with Crippen LogP contribution in [0.25, 0.3) is 0 Å². The molecule has 0 radical (unpaired) electrons. The number of ether oxygens (including phenoxy) is 3. The minimum absolute atomic E-state index is 0.159. The summed E-state index contributed by atoms with van der Waals surface area (Å²) in [5, 5.41) is 13.1. The van der Waals surface area contributed by atoms with Gasteiger partial charge in [-0.2, -0.15) is 0 Å². The molecule has 8 heteroatoms. The Morgan fingerprint density at radius 2 is 1.72 bits per heavy atom. The molecule has 0 aliphatic rings. The maximum Gasteiger partial charge on any atom is 0.418 e. The predicted molar refractivity (Wildman–Crippen MR) is 121 cm³/mol. The summed E-state index contributed by atoms with van der Waals surface area (Å²) in [4.78, 5) is 24.0. The minimum Gasteiger partial charge on any atom is -0.487 e. The van der Waals surface area contributed by atoms with Crippen LogP contribution in [-0.4, -0.2) is 39.6 Å². The van der Waals surface area contributed by atoms with Gasteiger partial charge >= 0.3 is 12.2 Å². The number of benzene rings is 1. The van der Waals surface area contributed by atoms with Gasteiger partial charge in [0.15, 0.2) is 0 Å². The number of nitrogens with zero attached hydrogens (tertiary/aromatic N) is 1. The number of aliphatic hydroxyl groups excluding tert-OH is 1. The molecule has 1 atom stereocenters. The monoisotopic (exact) mass is 446 g/mol. The van der Waals surface area contributed by atoms with Crippen molar-refractivity contribution >= 4 is 12.2 Å². The van der Waals surface area contributed by atoms with E-state index in [1.54, 1.807) is 63.4 Å². The summed E-state index contributed by atoms with van der Waals surface area (Å²) in [5.74, 6) is 0.554. The van der Waals surface area contributed by atoms with E-state index in [9.17, 15) is 14.7 Å². The topological polar surface area (TPSA) is 99.0 Å². The average molecular weight is 447 g/mol. The number of rotatable bonds is 7. The Labute approximate surface area is 189 Å². The molecule has 1 aromatic heterocycles. The normalized spacial score (nSPS) is 12.7. The second-order valence-electron chi connectivity index (χ2n) is 9.44. The number of nitrogens with one attached hydrogen (secondary N) is 1. The quantitative estimate of drug-likeness (QED) is 0.634. The fourth-order valence-electron chi connectivity index (χ4n) is 2.78. The number of carbonyl (C=O) groups is 2. The molecule has 1 aromatic carbocycles. The second kappa shape index (κ2) is 10.5. The first-order valence-corrected chi connectivity index (χ1v) is 10.6. The highest BCUT2D eigenvalue weighted by molar-refractivity contribution is 5.72. The summed E-state index contributed by atoms with van der Waals surface area (Å²) in [7, 11) is 0. The molecule has 1 heterocycles. The Hall–Kier alpha value is -3.00. The van der Waals surface area contributed by atoms with Crippen molar-refractivity contribution in [1.82, 2.24) is 9.88 Å². The van der Waals surface area contributed by atoms with Crippen LogP contribution in [0.2, 0.25) is 0 Å². The highest BCUT2D eigenvalue weighted by atomic mass is 16.6. The molecule has 1 unspecified atom stereocenters. The van der Waals surface area contributed by atoms with Crippen LogP contribution in [-0.2, 0) is 16.1 Å². The van der Waals surface area contributed by atoms with Gasteiger partial charge in [0, 0.05) is 12.7 Å². The highest BCUT2D eigenvalue weighted by Gasteiger charge is 2.20. The lowest BCUT2D eigenvalue weighted by molar-refractivity contribution is 0.0510. The van der Waals surface area contributed by atoms with E-state index in [2.05, 4.69) is 5.32 Å². The third kappa shape index (κ3) is 8.63. The lowest BCUT2D eigenvalue weighted by Crippen LogP contribution is -2.33. The molecule has 0 fully saturated rings. The van der Waals surface area contributed by atoms with Crippen molar-refractivity contribution in [2.45, 2.75) is 71.9 Å². The molecule has 8 nitrogen and oxygen atoms in total. The molecule has 176 valence electrons. The van der Waals surface area contributed by atoms with Gasteiger partial charge < -0.3 is 24.6 Å². The van der Waals surface area contributed by atoms with Crippen molar-refractivity contribution < 1.29 is 28.9 Å². The molecule has 2 N–H and O–H groups in total. The first-order valence-electron chi connectivity index (χ1n) is 10.6. The summed E-state index contributed by atoms with van der Waals surface area (Å²) in [6, 6.07) is 10.6. The molecular formula is C24H34N2O6. The number of hydrogen-bond acceptors (Lipinski definition) is 6. The van der Waals surface area contributed by atoms with E-state index < -0.39 is 29.5 Å². The maximum absolute atomic E-state index is 12.3. The fourth-order valence-corrected chi connectivity index (χ4v) is 2.78. The molecule has 0 aliphatic heterocycles. The Kier molecular flexibility index (Phi) is 8.32. The van der Waals surface area contributed by atoms with E-state index in [1.165, 1.54) is 4.57 Å². The molecule has 0 saturated carbocycles. The van der Waals surface area contributed by atoms with Gasteiger partial charge in [0.1, 0.15) is 23.6 Å². The van der Waals surface area contributed by atoms with Gasteiger partial charge in [0.2, 0.25) is 0 Å². The Morgan fingerprint density at radius 3 is 2.38 bits per heavy atom. The Morgan fingerprint density at radius 1 is 1.03 bits per heavy atom. The van der Waals surface area contributed by atoms with Crippen molar-refractivity contribution in [1.29, 1.82) is 0 Å². The molecule has 0 bridgehead atoms. The number of aromatic nitrogens is 1. The molecular weight excluding hydrogens is 412 g/mol. The van der Waals surface area contributed by atoms with Gasteiger partial charge in [-0.1, -0.05) is 12.1 Å². The molecule has 0 aliphatic carbocycles. The Balaban J connectivity index is 1.91. The van der Waals surface area contributed by atoms with Crippen molar-refractivity contribution in [3.8, 4) is 5.75 Å². The van der Waals surface area contributed by atoms with Crippen LogP contribution < -0.4 is 10.1 Å². The van der Waals surface area contributed by atoms with Crippen LogP contribution in [0.4, 0.5) is 9.59 Å². The summed E-state index contributed by atoms with van der Waals surface area (Å²) in [6.07, 6.45) is 0.186. The summed E-state index contributed by atoms with van der Waals surface area (Å²) >= 11 is 0. The van der Waals surface area contributed by atoms with E-state index >= 15 is 0 Å². The van der Waals surface area contributed by atoms with Crippen molar-refractivity contribution in [2.75, 3.05) is 6.54 Å². The molecule has 1 amide bonds. The molecule has 0 saturated heterocycles. The van der Waals surface area contributed by atoms with Crippen LogP contribution >= 0.6 is 0 Å². The first kappa shape index (κ1) is 25.3. The van der Waals surface area contributed by atoms with Gasteiger partial charge in [-0.05, 0) is 77.8 Å². The lowest BCUT2D eigenvalue weighted by Gasteiger charge is -2.20. The fraction of sp³-hybridized carbons (Fsp3) is 0.500. The minimum atomic E-state index is -0.779. The van der Waals surface area contributed by atoms with E-state index in [4.69, 9.17) is 14.2 Å². The number of aliphatic hydroxyl groups is 1. The highest BCUT2D eigenvalue weighted by Crippen LogP contribution is 2.22. The van der Waals surface area contributed by atoms with Gasteiger partial charge in [-0.15, -0.1) is 0 Å². The third-order valence-corrected chi connectivity index (χ3v) is 4.14. The Bertz CT molecular complexity index is 908. The van der Waals surface area contributed by atoms with Crippen molar-refractivity contribution in [2.24, 2.45) is 0 Å². The van der Waals surface area contributed by atoms with Crippen LogP contribution in [0.15, 0.2) is 42.6 Å². The van der Waals surface area contributed by atoms with Crippen LogP contribution in [0, 0.1) is 0 Å². The zero-order valence-corrected chi connectivity index (χ0v) is 19.7. The third-order valence-electron chi connectivity index (χ3n) is 4.14. The smallest absolute Gasteiger partial charge is 0.418 e. The largest absolute Gasteiger partial charge is 0.487 e. The SMILES string of the molecule is CC(C)(C)OC(=O)NCCC(O)c1cccc(OCc2cccn2C(=O)OC(C)(C)C)c1. The van der Waals surface area contributed by atoms with E-state index in [0.717, 1.165) is 0 Å². The average Bonchev–Trinajstić information content (AvgIpc) is 3.12. The summed E-state index contributed by atoms with van der Waals surface area (Å²) in [5.41, 5.74) is 0.141. The number of alkyl carbamates (subject to hydrolysis) is 1. The predicted octanol–water partition coefficient (Wildman–Crippen LogP) is 4.80. The van der Waals surface area contributed by atoms with Crippen LogP contribution in [0.1, 0.15) is 65.3 Å². The standard InChI is InChI=1S/C24H34N2O6/c1-23(2,3)31-21(28)25-13-12-20(27)17-9-7-11-19(15-17)30-16-18-10-8-14-26(18)22(29)32-24(4,5)6/h7-11,14-15,20,27H,12-13,16H2,1-6H3,(H,25,28). The van der Waals surface area contributed by atoms with Gasteiger partial charge in [-0.25, -0.2) is 9.59 Å². The molecule has 2 rings (SSSR count). The van der Waals surface area contributed by atoms with Gasteiger partial charge in [0.05, 0.1) is 11.8 Å². The van der Waals surface area contributed by atoms with Crippen molar-refractivity contribution in [3.63, 3.8) is 0 Å². The van der Waals surface area contributed by atoms with E-state index in [-0.39, 0.29) is 13.2 Å². The van der Waals surface area contributed by atoms with Gasteiger partial charge in [0.25, 0.3) is 0 Å². The number of hydrogen-bond donors (Lipinski definition) is 2. The van der Waals surface area contributed by atoms with Crippen LogP contribution in [0.5, 0.6) is 5.75 Å². The van der Waals surface area contributed by atoms with Gasteiger partial charge in [-0.3, -0.25) is 4.57 Å².